The van der Waals surface area contributed by atoms with E-state index in [1.807, 2.05) is 0 Å². The van der Waals surface area contributed by atoms with Crippen molar-refractivity contribution in [3.63, 3.8) is 0 Å². The van der Waals surface area contributed by atoms with Crippen LogP contribution < -0.4 is 0 Å². The molecule has 0 N–H and O–H groups in total. The molecule has 1 fully saturated rings. The van der Waals surface area contributed by atoms with Gasteiger partial charge in [0.2, 0.25) is 0 Å². The third kappa shape index (κ3) is 1.71. The fraction of sp³-hybridized carbons (Fsp3) is 0.909. The zero-order valence-corrected chi connectivity index (χ0v) is 12.4. The molecule has 82 valence electrons. The first-order valence-corrected chi connectivity index (χ1v) is 6.89. The SMILES string of the molecule is C[C@@H]1CC[C@](C)(C(=O)C(Br)Br)C1(C)C. The summed E-state index contributed by atoms with van der Waals surface area (Å²) in [6.45, 7) is 8.78. The van der Waals surface area contributed by atoms with E-state index in [1.54, 1.807) is 0 Å². The smallest absolute Gasteiger partial charge is 0.163 e. The van der Waals surface area contributed by atoms with Crippen LogP contribution in [0.5, 0.6) is 0 Å². The molecule has 0 aromatic rings. The number of rotatable bonds is 2. The number of Topliss-reactive ketones (excluding diaryl/α,β-unsaturated/α-hetero) is 1. The first-order chi connectivity index (χ1) is 6.23. The monoisotopic (exact) mass is 324 g/mol. The van der Waals surface area contributed by atoms with Crippen LogP contribution in [0.25, 0.3) is 0 Å². The van der Waals surface area contributed by atoms with Crippen LogP contribution in [0.15, 0.2) is 0 Å². The molecule has 0 spiro atoms. The van der Waals surface area contributed by atoms with Crippen molar-refractivity contribution >= 4 is 37.6 Å². The summed E-state index contributed by atoms with van der Waals surface area (Å²) in [5.74, 6) is 0.905. The lowest BCUT2D eigenvalue weighted by Gasteiger charge is -2.40. The fourth-order valence-corrected chi connectivity index (χ4v) is 3.42. The molecule has 0 radical (unpaired) electrons. The Hall–Kier alpha value is 0.630. The van der Waals surface area contributed by atoms with Crippen molar-refractivity contribution in [1.29, 1.82) is 0 Å². The van der Waals surface area contributed by atoms with Crippen LogP contribution in [0.1, 0.15) is 40.5 Å². The Labute approximate surface area is 103 Å². The number of ketones is 1. The molecule has 1 rings (SSSR count). The molecule has 1 nitrogen and oxygen atoms in total. The molecular weight excluding hydrogens is 308 g/mol. The highest BCUT2D eigenvalue weighted by molar-refractivity contribution is 9.25. The number of hydrogen-bond acceptors (Lipinski definition) is 1. The minimum absolute atomic E-state index is 0.101. The summed E-state index contributed by atoms with van der Waals surface area (Å²) in [6.07, 6.45) is 2.16. The molecule has 1 aliphatic rings. The van der Waals surface area contributed by atoms with Crippen LogP contribution >= 0.6 is 31.9 Å². The quantitative estimate of drug-likeness (QED) is 0.697. The van der Waals surface area contributed by atoms with Crippen LogP contribution in [0.4, 0.5) is 0 Å². The van der Waals surface area contributed by atoms with Gasteiger partial charge in [-0.1, -0.05) is 59.6 Å². The zero-order chi connectivity index (χ0) is 11.1. The molecule has 1 saturated carbocycles. The molecule has 0 heterocycles. The minimum atomic E-state index is -0.204. The fourth-order valence-electron chi connectivity index (χ4n) is 2.41. The van der Waals surface area contributed by atoms with E-state index in [2.05, 4.69) is 59.6 Å². The summed E-state index contributed by atoms with van der Waals surface area (Å²) in [5.41, 5.74) is -0.0893. The second-order valence-electron chi connectivity index (χ2n) is 5.16. The van der Waals surface area contributed by atoms with Crippen LogP contribution in [-0.4, -0.2) is 9.52 Å². The van der Waals surface area contributed by atoms with Crippen molar-refractivity contribution in [1.82, 2.24) is 0 Å². The average molecular weight is 326 g/mol. The Kier molecular flexibility index (Phi) is 3.53. The van der Waals surface area contributed by atoms with Crippen molar-refractivity contribution in [3.8, 4) is 0 Å². The van der Waals surface area contributed by atoms with E-state index in [0.717, 1.165) is 12.8 Å². The number of hydrogen-bond donors (Lipinski definition) is 0. The van der Waals surface area contributed by atoms with E-state index in [4.69, 9.17) is 0 Å². The number of halogens is 2. The highest BCUT2D eigenvalue weighted by atomic mass is 79.9. The topological polar surface area (TPSA) is 17.1 Å². The molecule has 3 heteroatoms. The van der Waals surface area contributed by atoms with Crippen LogP contribution in [0.2, 0.25) is 0 Å². The molecule has 0 aliphatic heterocycles. The van der Waals surface area contributed by atoms with E-state index >= 15 is 0 Å². The zero-order valence-electron chi connectivity index (χ0n) is 9.23. The molecular formula is C11H18Br2O. The standard InChI is InChI=1S/C11H18Br2O/c1-7-5-6-11(4,10(7,2)3)8(14)9(12)13/h7,9H,5-6H2,1-4H3/t7-,11-/m1/s1. The summed E-state index contributed by atoms with van der Waals surface area (Å²) in [6, 6.07) is 0. The van der Waals surface area contributed by atoms with Gasteiger partial charge in [-0.25, -0.2) is 0 Å². The van der Waals surface area contributed by atoms with Gasteiger partial charge in [0.25, 0.3) is 0 Å². The van der Waals surface area contributed by atoms with Crippen molar-refractivity contribution in [2.45, 2.75) is 44.3 Å². The number of carbonyl (C=O) groups excluding carboxylic acids is 1. The summed E-state index contributed by atoms with van der Waals surface area (Å²) < 4.78 is -0.204. The van der Waals surface area contributed by atoms with Gasteiger partial charge in [-0.15, -0.1) is 0 Å². The van der Waals surface area contributed by atoms with Crippen molar-refractivity contribution < 1.29 is 4.79 Å². The van der Waals surface area contributed by atoms with E-state index in [9.17, 15) is 4.79 Å². The van der Waals surface area contributed by atoms with Crippen LogP contribution in [0, 0.1) is 16.7 Å². The lowest BCUT2D eigenvalue weighted by atomic mass is 9.64. The van der Waals surface area contributed by atoms with Crippen molar-refractivity contribution in [2.24, 2.45) is 16.7 Å². The maximum Gasteiger partial charge on any atom is 0.163 e. The predicted octanol–water partition coefficient (Wildman–Crippen LogP) is 4.13. The molecule has 14 heavy (non-hydrogen) atoms. The van der Waals surface area contributed by atoms with Crippen molar-refractivity contribution in [2.75, 3.05) is 0 Å². The lowest BCUT2D eigenvalue weighted by Crippen LogP contribution is -2.42. The summed E-state index contributed by atoms with van der Waals surface area (Å²) in [7, 11) is 0. The third-order valence-corrected chi connectivity index (χ3v) is 5.31. The molecule has 0 saturated heterocycles. The van der Waals surface area contributed by atoms with Gasteiger partial charge in [0, 0.05) is 5.41 Å². The highest BCUT2D eigenvalue weighted by Crippen LogP contribution is 2.57. The Bertz CT molecular complexity index is 248. The summed E-state index contributed by atoms with van der Waals surface area (Å²) in [5, 5.41) is 0. The Morgan fingerprint density at radius 2 is 1.86 bits per heavy atom. The van der Waals surface area contributed by atoms with Gasteiger partial charge < -0.3 is 0 Å². The van der Waals surface area contributed by atoms with E-state index < -0.39 is 0 Å². The molecule has 1 aliphatic carbocycles. The molecule has 0 unspecified atom stereocenters. The first-order valence-electron chi connectivity index (χ1n) is 5.06. The Balaban J connectivity index is 3.01. The minimum Gasteiger partial charge on any atom is -0.297 e. The lowest BCUT2D eigenvalue weighted by molar-refractivity contribution is -0.131. The molecule has 2 atom stereocenters. The van der Waals surface area contributed by atoms with Crippen LogP contribution in [-0.2, 0) is 4.79 Å². The largest absolute Gasteiger partial charge is 0.297 e. The third-order valence-electron chi connectivity index (χ3n) is 4.47. The molecule has 0 aromatic heterocycles. The number of carbonyl (C=O) groups is 1. The molecule has 0 bridgehead atoms. The maximum atomic E-state index is 12.1. The van der Waals surface area contributed by atoms with E-state index in [1.165, 1.54) is 0 Å². The molecule has 0 aromatic carbocycles. The Morgan fingerprint density at radius 1 is 1.36 bits per heavy atom. The van der Waals surface area contributed by atoms with Gasteiger partial charge in [-0.2, -0.15) is 0 Å². The van der Waals surface area contributed by atoms with Crippen LogP contribution in [0.3, 0.4) is 0 Å². The second kappa shape index (κ2) is 3.89. The van der Waals surface area contributed by atoms with E-state index in [0.29, 0.717) is 5.92 Å². The molecule has 0 amide bonds. The Morgan fingerprint density at radius 3 is 2.14 bits per heavy atom. The van der Waals surface area contributed by atoms with Crippen molar-refractivity contribution in [3.05, 3.63) is 0 Å². The van der Waals surface area contributed by atoms with Gasteiger partial charge >= 0.3 is 0 Å². The van der Waals surface area contributed by atoms with Gasteiger partial charge in [-0.3, -0.25) is 4.79 Å². The maximum absolute atomic E-state index is 12.1. The van der Waals surface area contributed by atoms with Gasteiger partial charge in [-0.05, 0) is 24.2 Å². The van der Waals surface area contributed by atoms with Gasteiger partial charge in [0.15, 0.2) is 5.78 Å². The van der Waals surface area contributed by atoms with Gasteiger partial charge in [0.1, 0.15) is 3.74 Å². The predicted molar refractivity (Wildman–Crippen MR) is 66.9 cm³/mol. The van der Waals surface area contributed by atoms with Gasteiger partial charge in [0.05, 0.1) is 0 Å². The average Bonchev–Trinajstić information content (AvgIpc) is 2.29. The summed E-state index contributed by atoms with van der Waals surface area (Å²) >= 11 is 6.65. The normalized spacial score (nSPS) is 36.4. The second-order valence-corrected chi connectivity index (χ2v) is 8.22. The first kappa shape index (κ1) is 12.7. The van der Waals surface area contributed by atoms with E-state index in [-0.39, 0.29) is 20.3 Å². The summed E-state index contributed by atoms with van der Waals surface area (Å²) in [4.78, 5) is 12.1. The number of alkyl halides is 2. The highest BCUT2D eigenvalue weighted by Gasteiger charge is 2.54.